The van der Waals surface area contributed by atoms with Crippen LogP contribution in [0.25, 0.3) is 0 Å². The van der Waals surface area contributed by atoms with E-state index in [2.05, 4.69) is 16.6 Å². The van der Waals surface area contributed by atoms with E-state index in [0.717, 1.165) is 12.8 Å². The van der Waals surface area contributed by atoms with Gasteiger partial charge in [-0.15, -0.1) is 0 Å². The summed E-state index contributed by atoms with van der Waals surface area (Å²) in [5.41, 5.74) is 5.52. The van der Waals surface area contributed by atoms with Gasteiger partial charge in [-0.05, 0) is 25.3 Å². The van der Waals surface area contributed by atoms with Crippen LogP contribution < -0.4 is 11.1 Å². The number of hydrogen-bond acceptors (Lipinski definition) is 4. The summed E-state index contributed by atoms with van der Waals surface area (Å²) in [6.07, 6.45) is 3.34. The van der Waals surface area contributed by atoms with Crippen LogP contribution in [0.15, 0.2) is 12.7 Å². The van der Waals surface area contributed by atoms with Gasteiger partial charge in [0.2, 0.25) is 5.91 Å². The number of nitrogens with one attached hydrogen (secondary N) is 1. The summed E-state index contributed by atoms with van der Waals surface area (Å²) in [6.45, 7) is 3.90. The van der Waals surface area contributed by atoms with Crippen molar-refractivity contribution in [1.29, 1.82) is 0 Å². The number of carbonyl (C=O) groups is 2. The van der Waals surface area contributed by atoms with Crippen LogP contribution >= 0.6 is 0 Å². The molecule has 0 saturated heterocycles. The van der Waals surface area contributed by atoms with Crippen LogP contribution in [0.3, 0.4) is 0 Å². The molecule has 1 atom stereocenters. The van der Waals surface area contributed by atoms with E-state index in [9.17, 15) is 9.59 Å². The molecule has 0 bridgehead atoms. The van der Waals surface area contributed by atoms with E-state index in [1.165, 1.54) is 13.2 Å². The first-order valence-corrected chi connectivity index (χ1v) is 4.85. The third-order valence-electron chi connectivity index (χ3n) is 1.93. The van der Waals surface area contributed by atoms with E-state index in [-0.39, 0.29) is 5.91 Å². The molecule has 0 spiro atoms. The fourth-order valence-electron chi connectivity index (χ4n) is 1.04. The summed E-state index contributed by atoms with van der Waals surface area (Å²) in [5.74, 6) is -0.586. The van der Waals surface area contributed by atoms with Gasteiger partial charge in [-0.2, -0.15) is 0 Å². The third kappa shape index (κ3) is 6.68. The highest BCUT2D eigenvalue weighted by molar-refractivity contribution is 5.86. The van der Waals surface area contributed by atoms with E-state index in [1.54, 1.807) is 0 Å². The van der Waals surface area contributed by atoms with Gasteiger partial charge < -0.3 is 15.8 Å². The SMILES string of the molecule is C=CC(=O)NCCCC[C@H](N)C(=O)OC. The maximum absolute atomic E-state index is 10.9. The highest BCUT2D eigenvalue weighted by atomic mass is 16.5. The van der Waals surface area contributed by atoms with Crippen molar-refractivity contribution < 1.29 is 14.3 Å². The van der Waals surface area contributed by atoms with Gasteiger partial charge in [0, 0.05) is 6.54 Å². The lowest BCUT2D eigenvalue weighted by atomic mass is 10.1. The zero-order valence-corrected chi connectivity index (χ0v) is 8.99. The Bertz CT molecular complexity index is 229. The maximum atomic E-state index is 10.9. The third-order valence-corrected chi connectivity index (χ3v) is 1.93. The van der Waals surface area contributed by atoms with Gasteiger partial charge in [-0.1, -0.05) is 6.58 Å². The van der Waals surface area contributed by atoms with E-state index >= 15 is 0 Å². The molecule has 5 nitrogen and oxygen atoms in total. The largest absolute Gasteiger partial charge is 0.468 e. The van der Waals surface area contributed by atoms with Gasteiger partial charge >= 0.3 is 5.97 Å². The van der Waals surface area contributed by atoms with Crippen LogP contribution in [-0.4, -0.2) is 31.6 Å². The Morgan fingerprint density at radius 1 is 1.53 bits per heavy atom. The van der Waals surface area contributed by atoms with Crippen molar-refractivity contribution in [2.45, 2.75) is 25.3 Å². The zero-order valence-electron chi connectivity index (χ0n) is 8.99. The summed E-state index contributed by atoms with van der Waals surface area (Å²) in [6, 6.07) is -0.565. The van der Waals surface area contributed by atoms with Crippen molar-refractivity contribution in [2.75, 3.05) is 13.7 Å². The molecule has 0 unspecified atom stereocenters. The average Bonchev–Trinajstić information content (AvgIpc) is 2.26. The highest BCUT2D eigenvalue weighted by Gasteiger charge is 2.12. The number of rotatable bonds is 7. The number of ether oxygens (including phenoxy) is 1. The molecule has 1 amide bonds. The standard InChI is InChI=1S/C10H18N2O3/c1-3-9(13)12-7-5-4-6-8(11)10(14)15-2/h3,8H,1,4-7,11H2,2H3,(H,12,13)/t8-/m0/s1. The molecule has 0 heterocycles. The molecule has 0 rings (SSSR count). The van der Waals surface area contributed by atoms with Gasteiger partial charge in [0.15, 0.2) is 0 Å². The van der Waals surface area contributed by atoms with Crippen molar-refractivity contribution in [2.24, 2.45) is 5.73 Å². The van der Waals surface area contributed by atoms with Crippen LogP contribution in [0.2, 0.25) is 0 Å². The number of methoxy groups -OCH3 is 1. The molecule has 0 fully saturated rings. The van der Waals surface area contributed by atoms with Gasteiger partial charge in [0.1, 0.15) is 6.04 Å². The second-order valence-corrected chi connectivity index (χ2v) is 3.12. The first-order valence-electron chi connectivity index (χ1n) is 4.85. The van der Waals surface area contributed by atoms with E-state index in [0.29, 0.717) is 13.0 Å². The molecular weight excluding hydrogens is 196 g/mol. The minimum Gasteiger partial charge on any atom is -0.468 e. The quantitative estimate of drug-likeness (QED) is 0.354. The number of hydrogen-bond donors (Lipinski definition) is 2. The van der Waals surface area contributed by atoms with Crippen molar-refractivity contribution in [3.63, 3.8) is 0 Å². The molecule has 0 aromatic heterocycles. The van der Waals surface area contributed by atoms with Crippen molar-refractivity contribution in [3.8, 4) is 0 Å². The lowest BCUT2D eigenvalue weighted by Gasteiger charge is -2.08. The van der Waals surface area contributed by atoms with Crippen LogP contribution in [0.4, 0.5) is 0 Å². The molecule has 15 heavy (non-hydrogen) atoms. The Morgan fingerprint density at radius 2 is 2.20 bits per heavy atom. The molecular formula is C10H18N2O3. The predicted octanol–water partition coefficient (Wildman–Crippen LogP) is -0.0408. The lowest BCUT2D eigenvalue weighted by molar-refractivity contribution is -0.142. The Hall–Kier alpha value is -1.36. The second-order valence-electron chi connectivity index (χ2n) is 3.12. The summed E-state index contributed by atoms with van der Waals surface area (Å²) in [4.78, 5) is 21.6. The molecule has 0 radical (unpaired) electrons. The van der Waals surface area contributed by atoms with Crippen LogP contribution in [0, 0.1) is 0 Å². The second kappa shape index (κ2) is 7.99. The Morgan fingerprint density at radius 3 is 2.73 bits per heavy atom. The Kier molecular flexibility index (Phi) is 7.27. The molecule has 0 saturated carbocycles. The molecule has 0 aromatic rings. The van der Waals surface area contributed by atoms with Gasteiger partial charge in [0.05, 0.1) is 7.11 Å². The first kappa shape index (κ1) is 13.6. The predicted molar refractivity (Wildman–Crippen MR) is 57.0 cm³/mol. The minimum absolute atomic E-state index is 0.188. The topological polar surface area (TPSA) is 81.4 Å². The molecule has 5 heteroatoms. The normalized spacial score (nSPS) is 11.6. The smallest absolute Gasteiger partial charge is 0.322 e. The average molecular weight is 214 g/mol. The number of nitrogens with two attached hydrogens (primary N) is 1. The molecule has 86 valence electrons. The number of unbranched alkanes of at least 4 members (excludes halogenated alkanes) is 1. The van der Waals surface area contributed by atoms with Gasteiger partial charge in [-0.3, -0.25) is 9.59 Å². The molecule has 0 aliphatic heterocycles. The van der Waals surface area contributed by atoms with Gasteiger partial charge in [0.25, 0.3) is 0 Å². The number of esters is 1. The Labute approximate surface area is 89.7 Å². The summed E-state index contributed by atoms with van der Waals surface area (Å²) in [7, 11) is 1.31. The fourth-order valence-corrected chi connectivity index (χ4v) is 1.04. The van der Waals surface area contributed by atoms with Gasteiger partial charge in [-0.25, -0.2) is 0 Å². The van der Waals surface area contributed by atoms with Crippen LogP contribution in [0.1, 0.15) is 19.3 Å². The number of amides is 1. The van der Waals surface area contributed by atoms with E-state index in [1.807, 2.05) is 0 Å². The fraction of sp³-hybridized carbons (Fsp3) is 0.600. The molecule has 3 N–H and O–H groups in total. The molecule has 0 aliphatic carbocycles. The minimum atomic E-state index is -0.565. The van der Waals surface area contributed by atoms with Crippen molar-refractivity contribution in [1.82, 2.24) is 5.32 Å². The number of carbonyl (C=O) groups excluding carboxylic acids is 2. The first-order chi connectivity index (χ1) is 7.11. The molecule has 0 aromatic carbocycles. The summed E-state index contributed by atoms with van der Waals surface area (Å²) >= 11 is 0. The van der Waals surface area contributed by atoms with Crippen molar-refractivity contribution in [3.05, 3.63) is 12.7 Å². The summed E-state index contributed by atoms with van der Waals surface area (Å²) < 4.78 is 4.48. The van der Waals surface area contributed by atoms with Crippen LogP contribution in [-0.2, 0) is 14.3 Å². The zero-order chi connectivity index (χ0) is 11.7. The van der Waals surface area contributed by atoms with E-state index < -0.39 is 12.0 Å². The lowest BCUT2D eigenvalue weighted by Crippen LogP contribution is -2.31. The molecule has 0 aliphatic rings. The Balaban J connectivity index is 3.42. The van der Waals surface area contributed by atoms with Crippen LogP contribution in [0.5, 0.6) is 0 Å². The summed E-state index contributed by atoms with van der Waals surface area (Å²) in [5, 5.41) is 2.64. The van der Waals surface area contributed by atoms with Crippen molar-refractivity contribution >= 4 is 11.9 Å². The highest BCUT2D eigenvalue weighted by Crippen LogP contribution is 1.99. The monoisotopic (exact) mass is 214 g/mol. The maximum Gasteiger partial charge on any atom is 0.322 e. The van der Waals surface area contributed by atoms with E-state index in [4.69, 9.17) is 5.73 Å².